The van der Waals surface area contributed by atoms with Crippen molar-refractivity contribution in [3.8, 4) is 11.1 Å². The number of thioether (sulfide) groups is 1. The summed E-state index contributed by atoms with van der Waals surface area (Å²) < 4.78 is 0. The Morgan fingerprint density at radius 3 is 2.08 bits per heavy atom. The predicted octanol–water partition coefficient (Wildman–Crippen LogP) is 6.52. The van der Waals surface area contributed by atoms with Crippen LogP contribution in [0.25, 0.3) is 11.1 Å². The van der Waals surface area contributed by atoms with Crippen LogP contribution in [-0.4, -0.2) is 53.9 Å². The molecule has 4 aromatic carbocycles. The van der Waals surface area contributed by atoms with Crippen LogP contribution in [-0.2, 0) is 17.6 Å². The molecule has 4 nitrogen and oxygen atoms in total. The van der Waals surface area contributed by atoms with Crippen LogP contribution in [0.2, 0.25) is 0 Å². The molecule has 0 aliphatic carbocycles. The Labute approximate surface area is 253 Å². The second kappa shape index (κ2) is 15.5. The summed E-state index contributed by atoms with van der Waals surface area (Å²) in [5.41, 5.74) is 7.04. The molecule has 0 saturated heterocycles. The fraction of sp³-hybridized carbons (Fsp3) is 0.235. The quantitative estimate of drug-likeness (QED) is 0.199. The van der Waals surface area contributed by atoms with Crippen LogP contribution < -0.4 is 5.32 Å². The molecule has 0 aliphatic heterocycles. The van der Waals surface area contributed by atoms with Gasteiger partial charge in [0.1, 0.15) is 6.04 Å². The van der Waals surface area contributed by atoms with Gasteiger partial charge in [0.2, 0.25) is 0 Å². The number of aliphatic carboxylic acids is 1. The summed E-state index contributed by atoms with van der Waals surface area (Å²) in [6, 6.07) is 34.1. The van der Waals surface area contributed by atoms with Crippen molar-refractivity contribution in [2.45, 2.75) is 38.1 Å². The molecule has 0 spiro atoms. The van der Waals surface area contributed by atoms with E-state index in [2.05, 4.69) is 59.9 Å². The van der Waals surface area contributed by atoms with Gasteiger partial charge in [-0.2, -0.15) is 11.8 Å². The predicted molar refractivity (Wildman–Crippen MR) is 169 cm³/mol. The molecule has 6 heteroatoms. The van der Waals surface area contributed by atoms with Crippen molar-refractivity contribution in [3.63, 3.8) is 0 Å². The van der Waals surface area contributed by atoms with Crippen LogP contribution in [0.1, 0.15) is 45.0 Å². The summed E-state index contributed by atoms with van der Waals surface area (Å²) in [6.07, 6.45) is 4.02. The summed E-state index contributed by atoms with van der Waals surface area (Å²) in [4.78, 5) is 25.3. The van der Waals surface area contributed by atoms with Crippen molar-refractivity contribution in [1.29, 1.82) is 0 Å². The van der Waals surface area contributed by atoms with Gasteiger partial charge in [-0.05, 0) is 83.6 Å². The van der Waals surface area contributed by atoms with Gasteiger partial charge < -0.3 is 10.4 Å². The molecule has 0 bridgehead atoms. The Morgan fingerprint density at radius 2 is 1.43 bits per heavy atom. The maximum absolute atomic E-state index is 13.4. The van der Waals surface area contributed by atoms with E-state index >= 15 is 0 Å². The summed E-state index contributed by atoms with van der Waals surface area (Å²) in [5, 5.41) is 12.4. The van der Waals surface area contributed by atoms with Gasteiger partial charge in [0.15, 0.2) is 0 Å². The molecule has 2 atom stereocenters. The minimum atomic E-state index is -1.02. The molecule has 1 amide bonds. The van der Waals surface area contributed by atoms with Gasteiger partial charge in [-0.1, -0.05) is 97.1 Å². The van der Waals surface area contributed by atoms with E-state index in [-0.39, 0.29) is 30.7 Å². The maximum atomic E-state index is 13.4. The van der Waals surface area contributed by atoms with Crippen molar-refractivity contribution >= 4 is 42.5 Å². The number of rotatable bonds is 12. The summed E-state index contributed by atoms with van der Waals surface area (Å²) in [7, 11) is 0. The van der Waals surface area contributed by atoms with Gasteiger partial charge in [-0.3, -0.25) is 4.79 Å². The first kappa shape index (κ1) is 31.3. The number of carbonyl (C=O) groups excluding carboxylic acids is 1. The van der Waals surface area contributed by atoms with Crippen molar-refractivity contribution in [2.75, 3.05) is 12.0 Å². The average molecular weight is 546 g/mol. The molecule has 0 heterocycles. The number of carbonyl (C=O) groups is 2. The molecule has 0 fully saturated rings. The molecule has 4 rings (SSSR count). The van der Waals surface area contributed by atoms with E-state index in [0.717, 1.165) is 35.1 Å². The topological polar surface area (TPSA) is 66.4 Å². The van der Waals surface area contributed by atoms with Crippen LogP contribution in [0, 0.1) is 6.92 Å². The van der Waals surface area contributed by atoms with Gasteiger partial charge in [0.25, 0.3) is 5.91 Å². The Bertz CT molecular complexity index is 1390. The zero-order chi connectivity index (χ0) is 27.6. The Hall–Kier alpha value is -3.23. The van der Waals surface area contributed by atoms with E-state index in [1.807, 2.05) is 61.7 Å². The van der Waals surface area contributed by atoms with Crippen molar-refractivity contribution in [3.05, 3.63) is 131 Å². The first-order valence-electron chi connectivity index (χ1n) is 13.3. The number of hydrogen-bond acceptors (Lipinski definition) is 3. The molecule has 202 valence electrons. The van der Waals surface area contributed by atoms with Crippen molar-refractivity contribution < 1.29 is 14.7 Å². The van der Waals surface area contributed by atoms with Crippen molar-refractivity contribution in [2.24, 2.45) is 0 Å². The van der Waals surface area contributed by atoms with Gasteiger partial charge >= 0.3 is 24.8 Å². The fourth-order valence-electron chi connectivity index (χ4n) is 4.96. The van der Waals surface area contributed by atoms with Crippen molar-refractivity contribution in [1.82, 2.24) is 5.32 Å². The summed E-state index contributed by atoms with van der Waals surface area (Å²) in [6.45, 7) is 2.03. The number of carboxylic acids is 1. The number of amides is 1. The number of aryl methyl sites for hydroxylation is 1. The first-order chi connectivity index (χ1) is 19.0. The molecular formula is C34H36LiNO3S. The zero-order valence-electron chi connectivity index (χ0n) is 22.5. The number of nitrogens with one attached hydrogen (secondary N) is 1. The molecule has 0 aliphatic rings. The first-order valence-corrected chi connectivity index (χ1v) is 14.7. The van der Waals surface area contributed by atoms with E-state index in [1.54, 1.807) is 11.8 Å². The fourth-order valence-corrected chi connectivity index (χ4v) is 5.43. The third-order valence-corrected chi connectivity index (χ3v) is 7.70. The number of benzene rings is 4. The number of carboxylic acid groups (broad SMARTS) is 1. The summed E-state index contributed by atoms with van der Waals surface area (Å²) in [5.74, 6) is -0.459. The standard InChI is InChI=1S/C34H35NO3S.Li.H/c1-24-11-9-10-16-29(24)31-23-26(17-18-30(31)33(36)35-32(34(37)38)19-20-39-2)22-28(27-14-7-4-8-15-27)21-25-12-5-3-6-13-25;;/h3-18,23,28,32H,19-22H2,1-2H3,(H,35,36)(H,37,38);;. The number of hydrogen-bond donors (Lipinski definition) is 2. The molecule has 0 saturated carbocycles. The van der Waals surface area contributed by atoms with Crippen LogP contribution in [0.15, 0.2) is 103 Å². The van der Waals surface area contributed by atoms with E-state index < -0.39 is 12.0 Å². The molecular weight excluding hydrogens is 509 g/mol. The molecule has 40 heavy (non-hydrogen) atoms. The monoisotopic (exact) mass is 545 g/mol. The van der Waals surface area contributed by atoms with Gasteiger partial charge in [0.05, 0.1) is 0 Å². The minimum absolute atomic E-state index is 0. The van der Waals surface area contributed by atoms with Gasteiger partial charge in [-0.25, -0.2) is 4.79 Å². The van der Waals surface area contributed by atoms with Gasteiger partial charge in [-0.15, -0.1) is 0 Å². The SMILES string of the molecule is CSCCC(NC(=O)c1ccc(CC(Cc2ccccc2)c2ccccc2)cc1-c1ccccc1C)C(=O)O.[LiH]. The summed E-state index contributed by atoms with van der Waals surface area (Å²) >= 11 is 1.56. The molecule has 0 radical (unpaired) electrons. The molecule has 2 N–H and O–H groups in total. The van der Waals surface area contributed by atoms with Crippen LogP contribution >= 0.6 is 11.8 Å². The second-order valence-corrected chi connectivity index (χ2v) is 10.8. The Kier molecular flexibility index (Phi) is 12.1. The van der Waals surface area contributed by atoms with Crippen LogP contribution in [0.5, 0.6) is 0 Å². The molecule has 0 aromatic heterocycles. The van der Waals surface area contributed by atoms with E-state index in [4.69, 9.17) is 0 Å². The molecule has 2 unspecified atom stereocenters. The third-order valence-electron chi connectivity index (χ3n) is 7.06. The normalized spacial score (nSPS) is 12.2. The zero-order valence-corrected chi connectivity index (χ0v) is 23.3. The van der Waals surface area contributed by atoms with Crippen LogP contribution in [0.4, 0.5) is 0 Å². The van der Waals surface area contributed by atoms with Gasteiger partial charge in [0, 0.05) is 5.56 Å². The van der Waals surface area contributed by atoms with E-state index in [9.17, 15) is 14.7 Å². The van der Waals surface area contributed by atoms with E-state index in [1.165, 1.54) is 11.1 Å². The third kappa shape index (κ3) is 8.38. The molecule has 4 aromatic rings. The van der Waals surface area contributed by atoms with E-state index in [0.29, 0.717) is 17.7 Å². The Morgan fingerprint density at radius 1 is 0.800 bits per heavy atom. The van der Waals surface area contributed by atoms with Crippen LogP contribution in [0.3, 0.4) is 0 Å². The second-order valence-electron chi connectivity index (χ2n) is 9.84. The Balaban J connectivity index is 0.00000441. The average Bonchev–Trinajstić information content (AvgIpc) is 2.96.